The maximum Gasteiger partial charge on any atom is 0.313 e. The van der Waals surface area contributed by atoms with Crippen LogP contribution in [0.5, 0.6) is 0 Å². The normalized spacial score (nSPS) is 33.5. The Kier molecular flexibility index (Phi) is 3.01. The molecule has 86 valence electrons. The Morgan fingerprint density at radius 2 is 2.20 bits per heavy atom. The first-order valence-corrected chi connectivity index (χ1v) is 6.07. The SMILES string of the molecule is CC1CCCC(OC(=O)C2(CN)CC2)C1. The molecule has 15 heavy (non-hydrogen) atoms. The maximum atomic E-state index is 11.8. The van der Waals surface area contributed by atoms with E-state index in [1.165, 1.54) is 12.8 Å². The van der Waals surface area contributed by atoms with Gasteiger partial charge in [0.25, 0.3) is 0 Å². The lowest BCUT2D eigenvalue weighted by Crippen LogP contribution is -2.32. The minimum atomic E-state index is -0.291. The molecule has 2 aliphatic rings. The van der Waals surface area contributed by atoms with Gasteiger partial charge in [0.05, 0.1) is 5.41 Å². The van der Waals surface area contributed by atoms with Crippen molar-refractivity contribution in [2.24, 2.45) is 17.1 Å². The highest BCUT2D eigenvalue weighted by atomic mass is 16.5. The van der Waals surface area contributed by atoms with Gasteiger partial charge in [-0.2, -0.15) is 0 Å². The fourth-order valence-corrected chi connectivity index (χ4v) is 2.40. The van der Waals surface area contributed by atoms with Gasteiger partial charge in [-0.1, -0.05) is 13.3 Å². The summed E-state index contributed by atoms with van der Waals surface area (Å²) in [5, 5.41) is 0. The zero-order valence-corrected chi connectivity index (χ0v) is 9.50. The van der Waals surface area contributed by atoms with Crippen LogP contribution in [0.2, 0.25) is 0 Å². The number of hydrogen-bond donors (Lipinski definition) is 1. The smallest absolute Gasteiger partial charge is 0.313 e. The Morgan fingerprint density at radius 3 is 2.73 bits per heavy atom. The highest BCUT2D eigenvalue weighted by Gasteiger charge is 2.50. The topological polar surface area (TPSA) is 52.3 Å². The largest absolute Gasteiger partial charge is 0.462 e. The van der Waals surface area contributed by atoms with Crippen LogP contribution in [0.15, 0.2) is 0 Å². The van der Waals surface area contributed by atoms with E-state index in [2.05, 4.69) is 6.92 Å². The highest BCUT2D eigenvalue weighted by molar-refractivity contribution is 5.80. The van der Waals surface area contributed by atoms with Crippen LogP contribution in [-0.2, 0) is 9.53 Å². The molecule has 0 radical (unpaired) electrons. The molecule has 2 unspecified atom stereocenters. The predicted molar refractivity (Wildman–Crippen MR) is 58.2 cm³/mol. The van der Waals surface area contributed by atoms with E-state index in [1.807, 2.05) is 0 Å². The molecule has 2 N–H and O–H groups in total. The first-order valence-electron chi connectivity index (χ1n) is 6.07. The van der Waals surface area contributed by atoms with Crippen LogP contribution in [0, 0.1) is 11.3 Å². The summed E-state index contributed by atoms with van der Waals surface area (Å²) in [6.45, 7) is 2.68. The molecule has 0 aliphatic heterocycles. The van der Waals surface area contributed by atoms with E-state index in [4.69, 9.17) is 10.5 Å². The summed E-state index contributed by atoms with van der Waals surface area (Å²) in [4.78, 5) is 11.8. The minimum Gasteiger partial charge on any atom is -0.462 e. The number of ether oxygens (including phenoxy) is 1. The molecule has 2 atom stereocenters. The van der Waals surface area contributed by atoms with Gasteiger partial charge in [0, 0.05) is 6.54 Å². The van der Waals surface area contributed by atoms with E-state index in [9.17, 15) is 4.79 Å². The summed E-state index contributed by atoms with van der Waals surface area (Å²) < 4.78 is 5.56. The minimum absolute atomic E-state index is 0.0379. The van der Waals surface area contributed by atoms with Gasteiger partial charge in [0.2, 0.25) is 0 Å². The van der Waals surface area contributed by atoms with Gasteiger partial charge in [-0.25, -0.2) is 0 Å². The van der Waals surface area contributed by atoms with E-state index in [0.717, 1.165) is 25.7 Å². The van der Waals surface area contributed by atoms with Crippen LogP contribution < -0.4 is 5.73 Å². The second-order valence-electron chi connectivity index (χ2n) is 5.28. The lowest BCUT2D eigenvalue weighted by atomic mass is 9.88. The third-order valence-electron chi connectivity index (χ3n) is 3.84. The van der Waals surface area contributed by atoms with Crippen molar-refractivity contribution in [1.29, 1.82) is 0 Å². The summed E-state index contributed by atoms with van der Waals surface area (Å²) in [6, 6.07) is 0. The molecular weight excluding hydrogens is 190 g/mol. The third kappa shape index (κ3) is 2.33. The fraction of sp³-hybridized carbons (Fsp3) is 0.917. The van der Waals surface area contributed by atoms with Gasteiger partial charge < -0.3 is 10.5 Å². The molecule has 0 aromatic carbocycles. The van der Waals surface area contributed by atoms with Crippen LogP contribution in [0.1, 0.15) is 45.4 Å². The van der Waals surface area contributed by atoms with Crippen molar-refractivity contribution in [2.45, 2.75) is 51.6 Å². The van der Waals surface area contributed by atoms with Crippen LogP contribution in [0.3, 0.4) is 0 Å². The number of rotatable bonds is 3. The van der Waals surface area contributed by atoms with E-state index < -0.39 is 0 Å². The monoisotopic (exact) mass is 211 g/mol. The quantitative estimate of drug-likeness (QED) is 0.725. The lowest BCUT2D eigenvalue weighted by Gasteiger charge is -2.27. The predicted octanol–water partition coefficient (Wildman–Crippen LogP) is 1.85. The highest BCUT2D eigenvalue weighted by Crippen LogP contribution is 2.46. The standard InChI is InChI=1S/C12H21NO2/c1-9-3-2-4-10(7-9)15-11(14)12(8-13)5-6-12/h9-10H,2-8,13H2,1H3. The molecule has 0 aromatic rings. The van der Waals surface area contributed by atoms with Crippen molar-refractivity contribution in [3.8, 4) is 0 Å². The Hall–Kier alpha value is -0.570. The van der Waals surface area contributed by atoms with Gasteiger partial charge in [0.15, 0.2) is 0 Å². The molecule has 0 aromatic heterocycles. The molecule has 0 heterocycles. The van der Waals surface area contributed by atoms with Crippen LogP contribution in [-0.4, -0.2) is 18.6 Å². The van der Waals surface area contributed by atoms with Crippen molar-refractivity contribution >= 4 is 5.97 Å². The number of esters is 1. The van der Waals surface area contributed by atoms with E-state index in [1.54, 1.807) is 0 Å². The van der Waals surface area contributed by atoms with E-state index in [-0.39, 0.29) is 17.5 Å². The molecule has 0 spiro atoms. The summed E-state index contributed by atoms with van der Waals surface area (Å²) >= 11 is 0. The molecule has 3 nitrogen and oxygen atoms in total. The zero-order valence-electron chi connectivity index (χ0n) is 9.50. The maximum absolute atomic E-state index is 11.8. The molecule has 0 bridgehead atoms. The van der Waals surface area contributed by atoms with Gasteiger partial charge in [-0.05, 0) is 38.0 Å². The number of nitrogens with two attached hydrogens (primary N) is 1. The Balaban J connectivity index is 1.83. The average molecular weight is 211 g/mol. The van der Waals surface area contributed by atoms with Crippen LogP contribution in [0.25, 0.3) is 0 Å². The molecule has 2 saturated carbocycles. The van der Waals surface area contributed by atoms with Crippen molar-refractivity contribution in [1.82, 2.24) is 0 Å². The van der Waals surface area contributed by atoms with E-state index in [0.29, 0.717) is 12.5 Å². The first-order chi connectivity index (χ1) is 7.16. The molecule has 0 saturated heterocycles. The number of carbonyl (C=O) groups excluding carboxylic acids is 1. The second-order valence-corrected chi connectivity index (χ2v) is 5.28. The zero-order chi connectivity index (χ0) is 10.9. The Labute approximate surface area is 91.4 Å². The van der Waals surface area contributed by atoms with Gasteiger partial charge in [-0.3, -0.25) is 4.79 Å². The second kappa shape index (κ2) is 4.12. The molecule has 2 fully saturated rings. The lowest BCUT2D eigenvalue weighted by molar-refractivity contribution is -0.157. The molecule has 2 rings (SSSR count). The number of hydrogen-bond acceptors (Lipinski definition) is 3. The summed E-state index contributed by atoms with van der Waals surface area (Å²) in [7, 11) is 0. The van der Waals surface area contributed by atoms with Gasteiger partial charge in [0.1, 0.15) is 6.10 Å². The van der Waals surface area contributed by atoms with Crippen molar-refractivity contribution in [3.05, 3.63) is 0 Å². The summed E-state index contributed by atoms with van der Waals surface area (Å²) in [5.41, 5.74) is 5.31. The van der Waals surface area contributed by atoms with Crippen molar-refractivity contribution < 1.29 is 9.53 Å². The number of carbonyl (C=O) groups is 1. The Bertz CT molecular complexity index is 248. The fourth-order valence-electron chi connectivity index (χ4n) is 2.40. The first kappa shape index (κ1) is 10.9. The molecular formula is C12H21NO2. The molecule has 0 amide bonds. The van der Waals surface area contributed by atoms with Crippen LogP contribution in [0.4, 0.5) is 0 Å². The summed E-state index contributed by atoms with van der Waals surface area (Å²) in [6.07, 6.45) is 6.54. The molecule has 2 aliphatic carbocycles. The summed E-state index contributed by atoms with van der Waals surface area (Å²) in [5.74, 6) is 0.661. The van der Waals surface area contributed by atoms with Gasteiger partial charge >= 0.3 is 5.97 Å². The van der Waals surface area contributed by atoms with E-state index >= 15 is 0 Å². The average Bonchev–Trinajstić information content (AvgIpc) is 2.98. The van der Waals surface area contributed by atoms with Crippen molar-refractivity contribution in [3.63, 3.8) is 0 Å². The van der Waals surface area contributed by atoms with Crippen LogP contribution >= 0.6 is 0 Å². The molecule has 3 heteroatoms. The van der Waals surface area contributed by atoms with Crippen molar-refractivity contribution in [2.75, 3.05) is 6.54 Å². The Morgan fingerprint density at radius 1 is 1.47 bits per heavy atom. The van der Waals surface area contributed by atoms with Gasteiger partial charge in [-0.15, -0.1) is 0 Å². The third-order valence-corrected chi connectivity index (χ3v) is 3.84.